The van der Waals surface area contributed by atoms with Gasteiger partial charge < -0.3 is 30.3 Å². The largest absolute Gasteiger partial charge is 0.506 e. The number of phenols is 1. The highest BCUT2D eigenvalue weighted by Gasteiger charge is 2.32. The summed E-state index contributed by atoms with van der Waals surface area (Å²) in [5, 5.41) is 24.6. The van der Waals surface area contributed by atoms with Crippen molar-refractivity contribution in [3.63, 3.8) is 0 Å². The number of rotatable bonds is 7. The number of aromatic hydroxyl groups is 1. The predicted octanol–water partition coefficient (Wildman–Crippen LogP) is 2.39. The van der Waals surface area contributed by atoms with Crippen LogP contribution < -0.4 is 10.6 Å². The van der Waals surface area contributed by atoms with E-state index in [-0.39, 0.29) is 12.2 Å². The predicted molar refractivity (Wildman–Crippen MR) is 116 cm³/mol. The maximum atomic E-state index is 12.7. The van der Waals surface area contributed by atoms with E-state index in [9.17, 15) is 24.6 Å². The van der Waals surface area contributed by atoms with E-state index in [4.69, 9.17) is 9.47 Å². The number of hydrogen-bond acceptors (Lipinski definition) is 7. The smallest absolute Gasteiger partial charge is 0.408 e. The van der Waals surface area contributed by atoms with Gasteiger partial charge in [0.25, 0.3) is 0 Å². The number of esters is 1. The molecule has 2 amide bonds. The van der Waals surface area contributed by atoms with Crippen LogP contribution in [0.25, 0.3) is 0 Å². The van der Waals surface area contributed by atoms with Crippen LogP contribution in [0.2, 0.25) is 0 Å². The monoisotopic (exact) mass is 552 g/mol. The second kappa shape index (κ2) is 11.0. The number of aliphatic hydroxyl groups excluding tert-OH is 1. The van der Waals surface area contributed by atoms with Gasteiger partial charge in [-0.1, -0.05) is 0 Å². The number of nitrogens with one attached hydrogen (secondary N) is 2. The van der Waals surface area contributed by atoms with Gasteiger partial charge in [0.2, 0.25) is 5.91 Å². The molecule has 4 N–H and O–H groups in total. The van der Waals surface area contributed by atoms with E-state index in [1.807, 2.05) is 0 Å². The lowest BCUT2D eigenvalue weighted by Gasteiger charge is -2.26. The Labute approximate surface area is 191 Å². The SMILES string of the molecule is COC(=O)[C@H](Cc1cc(Br)c(O)c(Br)c1)NC(=O)[C@@H](NC(=O)OC(C)(C)C)[C@H](C)O. The zero-order valence-electron chi connectivity index (χ0n) is 17.3. The van der Waals surface area contributed by atoms with Crippen molar-refractivity contribution in [2.75, 3.05) is 7.11 Å². The van der Waals surface area contributed by atoms with Crippen molar-refractivity contribution in [3.8, 4) is 5.75 Å². The number of hydrogen-bond donors (Lipinski definition) is 4. The number of benzene rings is 1. The number of carbonyl (C=O) groups is 3. The molecule has 1 aromatic carbocycles. The first kappa shape index (κ1) is 26.2. The number of halogens is 2. The molecule has 0 unspecified atom stereocenters. The molecule has 0 spiro atoms. The van der Waals surface area contributed by atoms with Gasteiger partial charge in [-0.25, -0.2) is 9.59 Å². The van der Waals surface area contributed by atoms with E-state index in [1.54, 1.807) is 32.9 Å². The fourth-order valence-electron chi connectivity index (χ4n) is 2.41. The quantitative estimate of drug-likeness (QED) is 0.381. The highest BCUT2D eigenvalue weighted by Crippen LogP contribution is 2.33. The Morgan fingerprint density at radius 2 is 1.67 bits per heavy atom. The zero-order chi connectivity index (χ0) is 23.2. The van der Waals surface area contributed by atoms with Crippen LogP contribution in [-0.4, -0.2) is 59.1 Å². The summed E-state index contributed by atoms with van der Waals surface area (Å²) < 4.78 is 10.7. The number of aliphatic hydroxyl groups is 1. The van der Waals surface area contributed by atoms with Crippen LogP contribution in [0, 0.1) is 0 Å². The van der Waals surface area contributed by atoms with Crippen LogP contribution in [-0.2, 0) is 25.5 Å². The van der Waals surface area contributed by atoms with Crippen molar-refractivity contribution in [2.24, 2.45) is 0 Å². The van der Waals surface area contributed by atoms with Gasteiger partial charge >= 0.3 is 12.1 Å². The second-order valence-corrected chi connectivity index (χ2v) is 9.27. The highest BCUT2D eigenvalue weighted by molar-refractivity contribution is 9.11. The summed E-state index contributed by atoms with van der Waals surface area (Å²) in [7, 11) is 1.18. The fraction of sp³-hybridized carbons (Fsp3) is 0.526. The molecule has 0 heterocycles. The van der Waals surface area contributed by atoms with Crippen molar-refractivity contribution >= 4 is 49.8 Å². The van der Waals surface area contributed by atoms with Crippen molar-refractivity contribution < 1.29 is 34.1 Å². The number of alkyl carbamates (subject to hydrolysis) is 1. The lowest BCUT2D eigenvalue weighted by atomic mass is 10.0. The maximum absolute atomic E-state index is 12.7. The van der Waals surface area contributed by atoms with Crippen LogP contribution in [0.5, 0.6) is 5.75 Å². The molecule has 1 rings (SSSR count). The van der Waals surface area contributed by atoms with Gasteiger partial charge in [-0.05, 0) is 77.3 Å². The highest BCUT2D eigenvalue weighted by atomic mass is 79.9. The molecule has 0 aromatic heterocycles. The normalized spacial score (nSPS) is 14.3. The summed E-state index contributed by atoms with van der Waals surface area (Å²) in [5.41, 5.74) is -0.186. The Kier molecular flexibility index (Phi) is 9.57. The van der Waals surface area contributed by atoms with Crippen LogP contribution in [0.3, 0.4) is 0 Å². The Morgan fingerprint density at radius 3 is 2.10 bits per heavy atom. The second-order valence-electron chi connectivity index (χ2n) is 7.56. The first-order valence-electron chi connectivity index (χ1n) is 8.97. The standard InChI is InChI=1S/C19H26Br2N2O7/c1-9(24)14(23-18(28)30-19(2,3)4)16(26)22-13(17(27)29-5)8-10-6-11(20)15(25)12(21)7-10/h6-7,9,13-14,24-25H,8H2,1-5H3,(H,22,26)(H,23,28)/t9-,13-,14-/m0/s1. The summed E-state index contributed by atoms with van der Waals surface area (Å²) in [6.45, 7) is 6.30. The van der Waals surface area contributed by atoms with Gasteiger partial charge in [-0.2, -0.15) is 0 Å². The molecule has 0 saturated carbocycles. The molecule has 1 aromatic rings. The molecule has 0 saturated heterocycles. The molecule has 11 heteroatoms. The average molecular weight is 554 g/mol. The summed E-state index contributed by atoms with van der Waals surface area (Å²) in [6, 6.07) is 0.721. The number of phenolic OH excluding ortho intramolecular Hbond substituents is 1. The molecule has 0 radical (unpaired) electrons. The summed E-state index contributed by atoms with van der Waals surface area (Å²) in [4.78, 5) is 36.9. The third-order valence-electron chi connectivity index (χ3n) is 3.76. The van der Waals surface area contributed by atoms with E-state index in [2.05, 4.69) is 42.5 Å². The van der Waals surface area contributed by atoms with Crippen molar-refractivity contribution in [3.05, 3.63) is 26.6 Å². The van der Waals surface area contributed by atoms with Crippen LogP contribution >= 0.6 is 31.9 Å². The molecule has 0 bridgehead atoms. The van der Waals surface area contributed by atoms with E-state index in [0.717, 1.165) is 0 Å². The Hall–Kier alpha value is -1.85. The first-order chi connectivity index (χ1) is 13.7. The van der Waals surface area contributed by atoms with Crippen LogP contribution in [0.4, 0.5) is 4.79 Å². The molecule has 30 heavy (non-hydrogen) atoms. The van der Waals surface area contributed by atoms with Gasteiger partial charge in [-0.3, -0.25) is 4.79 Å². The van der Waals surface area contributed by atoms with Crippen molar-refractivity contribution in [2.45, 2.75) is 57.9 Å². The van der Waals surface area contributed by atoms with Gasteiger partial charge in [0.05, 0.1) is 22.2 Å². The Bertz CT molecular complexity index is 771. The molecule has 0 aliphatic heterocycles. The van der Waals surface area contributed by atoms with E-state index in [1.165, 1.54) is 14.0 Å². The van der Waals surface area contributed by atoms with Gasteiger partial charge in [-0.15, -0.1) is 0 Å². The summed E-state index contributed by atoms with van der Waals surface area (Å²) >= 11 is 6.41. The zero-order valence-corrected chi connectivity index (χ0v) is 20.5. The van der Waals surface area contributed by atoms with Gasteiger partial charge in [0.1, 0.15) is 23.4 Å². The summed E-state index contributed by atoms with van der Waals surface area (Å²) in [5.74, 6) is -1.51. The molecular formula is C19H26Br2N2O7. The van der Waals surface area contributed by atoms with Gasteiger partial charge in [0, 0.05) is 6.42 Å². The van der Waals surface area contributed by atoms with E-state index < -0.39 is 41.8 Å². The number of ether oxygens (including phenoxy) is 2. The van der Waals surface area contributed by atoms with E-state index in [0.29, 0.717) is 14.5 Å². The fourth-order valence-corrected chi connectivity index (χ4v) is 3.69. The maximum Gasteiger partial charge on any atom is 0.408 e. The van der Waals surface area contributed by atoms with Crippen LogP contribution in [0.15, 0.2) is 21.1 Å². The van der Waals surface area contributed by atoms with Crippen molar-refractivity contribution in [1.82, 2.24) is 10.6 Å². The van der Waals surface area contributed by atoms with Crippen molar-refractivity contribution in [1.29, 1.82) is 0 Å². The van der Waals surface area contributed by atoms with Gasteiger partial charge in [0.15, 0.2) is 0 Å². The van der Waals surface area contributed by atoms with E-state index >= 15 is 0 Å². The molecule has 9 nitrogen and oxygen atoms in total. The molecular weight excluding hydrogens is 528 g/mol. The molecule has 0 fully saturated rings. The molecule has 168 valence electrons. The third-order valence-corrected chi connectivity index (χ3v) is 4.96. The number of amides is 2. The summed E-state index contributed by atoms with van der Waals surface area (Å²) in [6.07, 6.45) is -2.10. The molecule has 0 aliphatic rings. The topological polar surface area (TPSA) is 134 Å². The lowest BCUT2D eigenvalue weighted by molar-refractivity contribution is -0.145. The average Bonchev–Trinajstić information content (AvgIpc) is 2.61. The third kappa shape index (κ3) is 8.11. The lowest BCUT2D eigenvalue weighted by Crippen LogP contribution is -2.56. The minimum absolute atomic E-state index is 0.00636. The number of carbonyl (C=O) groups excluding carboxylic acids is 3. The number of methoxy groups -OCH3 is 1. The molecule has 0 aliphatic carbocycles. The van der Waals surface area contributed by atoms with Crippen LogP contribution in [0.1, 0.15) is 33.3 Å². The first-order valence-corrected chi connectivity index (χ1v) is 10.6. The Morgan fingerprint density at radius 1 is 1.13 bits per heavy atom. The Balaban J connectivity index is 3.00. The molecule has 3 atom stereocenters. The minimum Gasteiger partial charge on any atom is -0.506 e. The minimum atomic E-state index is -1.36.